The van der Waals surface area contributed by atoms with E-state index in [1.54, 1.807) is 0 Å². The monoisotopic (exact) mass is 1230 g/mol. The van der Waals surface area contributed by atoms with E-state index in [9.17, 15) is 13.2 Å². The summed E-state index contributed by atoms with van der Waals surface area (Å²) >= 11 is 0. The van der Waals surface area contributed by atoms with Crippen LogP contribution in [0, 0.1) is 0 Å². The fraction of sp³-hybridized carbons (Fsp3) is 1.00. The third-order valence-electron chi connectivity index (χ3n) is 12.4. The van der Waals surface area contributed by atoms with E-state index in [4.69, 9.17) is 74.6 Å². The molecule has 0 saturated carbocycles. The molecular weight excluding hydrogens is 1100 g/mol. The molecule has 0 aliphatic heterocycles. The van der Waals surface area contributed by atoms with Crippen molar-refractivity contribution < 1.29 is 120 Å². The van der Waals surface area contributed by atoms with E-state index in [0.29, 0.717) is 87.7 Å². The second kappa shape index (κ2) is 54.9. The molecule has 2 unspecified atom stereocenters. The number of halogens is 3. The fourth-order valence-corrected chi connectivity index (χ4v) is 6.46. The molecule has 0 fully saturated rings. The average Bonchev–Trinajstić information content (AvgIpc) is 3.37. The number of aliphatic hydroxyl groups is 4. The number of nitrogens with two attached hydrogens (primary N) is 3. The summed E-state index contributed by atoms with van der Waals surface area (Å²) in [5.74, 6) is 14.8. The number of hydrogen-bond acceptors (Lipinski definition) is 24. The van der Waals surface area contributed by atoms with Gasteiger partial charge in [-0.2, -0.15) is 51.5 Å². The molecule has 24 N–H and O–H groups in total. The maximum atomic E-state index is 11.9. The van der Waals surface area contributed by atoms with Gasteiger partial charge in [0.25, 0.3) is 0 Å². The van der Waals surface area contributed by atoms with Gasteiger partial charge < -0.3 is 92.7 Å². The number of rotatable bonds is 41. The Morgan fingerprint density at radius 1 is 0.366 bits per heavy atom. The zero-order valence-corrected chi connectivity index (χ0v) is 53.7. The minimum atomic E-state index is -4.15. The van der Waals surface area contributed by atoms with Gasteiger partial charge in [0.05, 0.1) is 224 Å². The minimum absolute atomic E-state index is 0.118. The van der Waals surface area contributed by atoms with Crippen molar-refractivity contribution in [2.75, 3.05) is 303 Å². The molecule has 0 bridgehead atoms. The molecule has 0 rings (SSSR count). The molecule has 0 heterocycles. The van der Waals surface area contributed by atoms with E-state index in [2.05, 4.69) is 111 Å². The van der Waals surface area contributed by atoms with Crippen LogP contribution in [-0.4, -0.2) is 408 Å². The molecule has 32 nitrogen and oxygen atoms in total. The van der Waals surface area contributed by atoms with Crippen molar-refractivity contribution >= 4 is 0 Å². The smallest absolute Gasteiger partial charge is 0.393 e. The van der Waals surface area contributed by atoms with Crippen LogP contribution in [-0.2, 0) is 14.5 Å². The van der Waals surface area contributed by atoms with Crippen LogP contribution in [0.3, 0.4) is 0 Å². The first-order valence-corrected chi connectivity index (χ1v) is 27.3. The molecule has 0 aliphatic rings. The first kappa shape index (κ1) is 94.2. The summed E-state index contributed by atoms with van der Waals surface area (Å²) in [4.78, 5) is 13.6. The predicted octanol–water partition coefficient (Wildman–Crippen LogP) is -6.06. The van der Waals surface area contributed by atoms with Crippen LogP contribution in [0.4, 0.5) is 13.2 Å². The maximum Gasteiger partial charge on any atom is 0.438 e. The summed E-state index contributed by atoms with van der Waals surface area (Å²) in [5, 5.41) is 93.5. The largest absolute Gasteiger partial charge is 0.438 e. The summed E-state index contributed by atoms with van der Waals surface area (Å²) in [6.45, 7) is 15.9. The fourth-order valence-electron chi connectivity index (χ4n) is 6.46. The molecule has 82 heavy (non-hydrogen) atoms. The molecule has 0 aromatic carbocycles. The lowest BCUT2D eigenvalue weighted by Gasteiger charge is -2.35. The number of quaternary nitrogens is 8. The van der Waals surface area contributed by atoms with Crippen molar-refractivity contribution in [2.24, 2.45) is 17.7 Å². The number of nitrogens with zero attached hydrogens (tertiary/aromatic N) is 8. The average molecular weight is 1230 g/mol. The van der Waals surface area contributed by atoms with Gasteiger partial charge in [0.15, 0.2) is 6.54 Å². The quantitative estimate of drug-likeness (QED) is 0.0200. The summed E-state index contributed by atoms with van der Waals surface area (Å²) < 4.78 is 40.8. The second-order valence-electron chi connectivity index (χ2n) is 24.9. The maximum absolute atomic E-state index is 11.9. The third-order valence-corrected chi connectivity index (χ3v) is 12.4. The lowest BCUT2D eigenvalue weighted by molar-refractivity contribution is -0.945. The first-order chi connectivity index (χ1) is 37.6. The molecule has 0 aromatic rings. The van der Waals surface area contributed by atoms with Crippen LogP contribution in [0.15, 0.2) is 0 Å². The van der Waals surface area contributed by atoms with Crippen LogP contribution < -0.4 is 56.1 Å². The van der Waals surface area contributed by atoms with Crippen molar-refractivity contribution in [1.82, 2.24) is 38.4 Å². The summed E-state index contributed by atoms with van der Waals surface area (Å²) in [6, 6.07) is 0. The summed E-state index contributed by atoms with van der Waals surface area (Å²) in [5.41, 5.74) is 14.5. The number of aliphatic hydroxyl groups excluding tert-OH is 4. The first-order valence-electron chi connectivity index (χ1n) is 27.3. The molecule has 0 aliphatic carbocycles. The van der Waals surface area contributed by atoms with Crippen molar-refractivity contribution in [3.8, 4) is 0 Å². The zero-order valence-electron chi connectivity index (χ0n) is 53.7. The number of hydroxylamine groups is 7. The Bertz CT molecular complexity index is 1310. The Morgan fingerprint density at radius 2 is 0.646 bits per heavy atom. The van der Waals surface area contributed by atoms with Gasteiger partial charge in [-0.15, -0.1) is 0 Å². The number of likely N-dealkylation sites (N-methyl/N-ethyl adjacent to an activating group) is 8. The number of alkyl halides is 3. The molecule has 35 heteroatoms. The molecule has 0 aromatic heterocycles. The number of nitrogens with one attached hydrogen (secondary N) is 7. The molecule has 2 atom stereocenters. The highest BCUT2D eigenvalue weighted by atomic mass is 19.4. The lowest BCUT2D eigenvalue weighted by atomic mass is 10.3. The van der Waals surface area contributed by atoms with E-state index in [-0.39, 0.29) is 37.4 Å². The topological polar surface area (TPSA) is 412 Å². The van der Waals surface area contributed by atoms with Crippen molar-refractivity contribution in [3.05, 3.63) is 0 Å². The lowest BCUT2D eigenvalue weighted by Crippen LogP contribution is -2.53. The molecule has 506 valence electrons. The predicted molar refractivity (Wildman–Crippen MR) is 307 cm³/mol. The zero-order chi connectivity index (χ0) is 65.7. The van der Waals surface area contributed by atoms with Gasteiger partial charge in [0, 0.05) is 0 Å². The Labute approximate surface area is 490 Å². The molecule has 0 spiro atoms. The van der Waals surface area contributed by atoms with Crippen LogP contribution in [0.2, 0.25) is 0 Å². The van der Waals surface area contributed by atoms with E-state index in [1.807, 2.05) is 40.7 Å². The van der Waals surface area contributed by atoms with Crippen molar-refractivity contribution in [1.29, 1.82) is 0 Å². The van der Waals surface area contributed by atoms with Gasteiger partial charge in [-0.25, -0.2) is 17.7 Å². The Balaban J connectivity index is -0.000000161. The second-order valence-corrected chi connectivity index (χ2v) is 24.9. The third kappa shape index (κ3) is 80.6. The van der Waals surface area contributed by atoms with Gasteiger partial charge in [-0.3, -0.25) is 14.5 Å². The number of hydrogen-bond donors (Lipinski definition) is 21. The highest BCUT2D eigenvalue weighted by Gasteiger charge is 2.37. The van der Waals surface area contributed by atoms with Crippen LogP contribution >= 0.6 is 0 Å². The Kier molecular flexibility index (Phi) is 63.0. The normalized spacial score (nSPS) is 13.4. The standard InChI is InChI=1S/C10H28N4O2.C7H20N3O3.C7H19N2O3.C6H14F3N2O.C6H18N3O2.C6H17N2O2.C5H15N2O/c1-13(2,6-5-12-15)7-8-14(3,4)9-10-16-11;1-10(4-6-11,3-2-9-12)5-7-13-8;1-9(2,4-3-8-12)5-7(11)6-10;1-11(2,4-3-10-12)5-6(7,8)9;1-9(2,4-3-8-10)5-6-11-7;1-8(2,5-6-9)4-3-7-10;1-7(2,3)5-4-6-8/h12,15H,5-11H2,1-4H3;9,11-12H,2-8H2,1H3;7-8,10-12H,3-6H2,1-2H3;10,12H,3-5H2,1-2H3;8,10H,3-7H2,1-2H3;7,9-10H,3-6H2,1-2H3;6,8H,4-5H2,1-3H3/q+2;6*+1. The van der Waals surface area contributed by atoms with Gasteiger partial charge >= 0.3 is 6.18 Å². The van der Waals surface area contributed by atoms with Crippen molar-refractivity contribution in [2.45, 2.75) is 12.3 Å². The molecule has 0 saturated heterocycles. The van der Waals surface area contributed by atoms with Gasteiger partial charge in [-0.1, -0.05) is 0 Å². The van der Waals surface area contributed by atoms with E-state index in [1.165, 1.54) is 14.1 Å². The molecule has 0 radical (unpaired) electrons. The minimum Gasteiger partial charge on any atom is -0.393 e. The molecule has 0 amide bonds. The molecular formula is C47H131F3N18O14+8. The van der Waals surface area contributed by atoms with Gasteiger partial charge in [-0.05, 0) is 0 Å². The van der Waals surface area contributed by atoms with E-state index < -0.39 is 18.8 Å². The van der Waals surface area contributed by atoms with E-state index in [0.717, 1.165) is 94.4 Å². The van der Waals surface area contributed by atoms with Crippen LogP contribution in [0.5, 0.6) is 0 Å². The van der Waals surface area contributed by atoms with Gasteiger partial charge in [0.2, 0.25) is 0 Å². The van der Waals surface area contributed by atoms with Gasteiger partial charge in [0.1, 0.15) is 78.3 Å². The van der Waals surface area contributed by atoms with Crippen LogP contribution in [0.1, 0.15) is 0 Å². The highest BCUT2D eigenvalue weighted by Crippen LogP contribution is 2.18. The summed E-state index contributed by atoms with van der Waals surface area (Å²) in [7, 11) is 31.8. The highest BCUT2D eigenvalue weighted by molar-refractivity contribution is 4.51. The SMILES string of the molecule is C[N+](C)(C)CCNO.C[N+](C)(CCNO)CC(F)(F)F.C[N+](C)(CCNO)CC(O)CO.C[N+](C)(CCNO)CCON.C[N+](C)(CCNO)CC[N+](C)(C)CCON.C[N+](C)(CCO)CCNO.C[N+](CCO)(CCNO)CCON. The van der Waals surface area contributed by atoms with Crippen LogP contribution in [0.25, 0.3) is 0 Å². The van der Waals surface area contributed by atoms with E-state index >= 15 is 0 Å². The Morgan fingerprint density at radius 3 is 0.939 bits per heavy atom. The summed E-state index contributed by atoms with van der Waals surface area (Å²) in [6.07, 6.45) is -4.84. The Hall–Kier alpha value is -1.49. The van der Waals surface area contributed by atoms with Crippen molar-refractivity contribution in [3.63, 3.8) is 0 Å².